The summed E-state index contributed by atoms with van der Waals surface area (Å²) in [4.78, 5) is 29.3. The molecule has 142 valence electrons. The third-order valence-corrected chi connectivity index (χ3v) is 6.20. The molecule has 2 heterocycles. The lowest BCUT2D eigenvalue weighted by molar-refractivity contribution is -0.138. The van der Waals surface area contributed by atoms with E-state index in [0.29, 0.717) is 25.1 Å². The molecule has 5 nitrogen and oxygen atoms in total. The molecule has 27 heavy (non-hydrogen) atoms. The van der Waals surface area contributed by atoms with Gasteiger partial charge in [-0.2, -0.15) is 0 Å². The lowest BCUT2D eigenvalue weighted by Gasteiger charge is -2.48. The maximum Gasteiger partial charge on any atom is 0.258 e. The van der Waals surface area contributed by atoms with Crippen molar-refractivity contribution < 1.29 is 14.7 Å². The number of carbonyl (C=O) groups excluding carboxylic acids is 2. The number of likely N-dealkylation sites (tertiary alicyclic amines) is 2. The maximum atomic E-state index is 13.4. The number of piperidine rings is 2. The van der Waals surface area contributed by atoms with E-state index in [9.17, 15) is 14.7 Å². The van der Waals surface area contributed by atoms with Crippen LogP contribution in [0.3, 0.4) is 0 Å². The van der Waals surface area contributed by atoms with Crippen molar-refractivity contribution in [3.05, 3.63) is 42.0 Å². The second-order valence-corrected chi connectivity index (χ2v) is 7.92. The molecular formula is C22H26N2O3. The van der Waals surface area contributed by atoms with Gasteiger partial charge < -0.3 is 14.9 Å². The summed E-state index contributed by atoms with van der Waals surface area (Å²) in [5.74, 6) is 0.147. The predicted octanol–water partition coefficient (Wildman–Crippen LogP) is 3.41. The van der Waals surface area contributed by atoms with Crippen LogP contribution in [0.5, 0.6) is 5.75 Å². The summed E-state index contributed by atoms with van der Waals surface area (Å²) in [6.07, 6.45) is 3.38. The van der Waals surface area contributed by atoms with Crippen molar-refractivity contribution in [3.8, 4) is 5.75 Å². The van der Waals surface area contributed by atoms with Gasteiger partial charge in [0, 0.05) is 38.0 Å². The second kappa shape index (κ2) is 6.87. The summed E-state index contributed by atoms with van der Waals surface area (Å²) in [7, 11) is 0. The van der Waals surface area contributed by atoms with Gasteiger partial charge in [0.15, 0.2) is 0 Å². The van der Waals surface area contributed by atoms with Crippen LogP contribution in [0.1, 0.15) is 43.0 Å². The first-order valence-corrected chi connectivity index (χ1v) is 9.81. The highest BCUT2D eigenvalue weighted by Crippen LogP contribution is 2.40. The molecule has 0 aliphatic carbocycles. The zero-order valence-corrected chi connectivity index (χ0v) is 15.8. The monoisotopic (exact) mass is 366 g/mol. The van der Waals surface area contributed by atoms with E-state index in [0.717, 1.165) is 43.1 Å². The van der Waals surface area contributed by atoms with Crippen molar-refractivity contribution in [1.29, 1.82) is 0 Å². The number of hydrogen-bond donors (Lipinski definition) is 1. The third-order valence-electron chi connectivity index (χ3n) is 6.20. The molecule has 2 aliphatic heterocycles. The summed E-state index contributed by atoms with van der Waals surface area (Å²) < 4.78 is 0. The molecule has 2 saturated heterocycles. The van der Waals surface area contributed by atoms with E-state index in [1.165, 1.54) is 0 Å². The average Bonchev–Trinajstić information content (AvgIpc) is 2.69. The largest absolute Gasteiger partial charge is 0.507 e. The number of phenols is 1. The van der Waals surface area contributed by atoms with Crippen LogP contribution >= 0.6 is 0 Å². The van der Waals surface area contributed by atoms with E-state index in [2.05, 4.69) is 0 Å². The quantitative estimate of drug-likeness (QED) is 0.886. The first-order valence-electron chi connectivity index (χ1n) is 9.81. The molecule has 1 atom stereocenters. The van der Waals surface area contributed by atoms with Crippen LogP contribution in [0.25, 0.3) is 10.8 Å². The number of benzene rings is 2. The van der Waals surface area contributed by atoms with Crippen molar-refractivity contribution in [2.75, 3.05) is 26.2 Å². The van der Waals surface area contributed by atoms with Crippen molar-refractivity contribution in [2.45, 2.75) is 32.6 Å². The summed E-state index contributed by atoms with van der Waals surface area (Å²) in [5, 5.41) is 12.2. The van der Waals surface area contributed by atoms with E-state index < -0.39 is 0 Å². The zero-order valence-electron chi connectivity index (χ0n) is 15.8. The molecule has 2 aromatic carbocycles. The maximum absolute atomic E-state index is 13.4. The Labute approximate surface area is 159 Å². The highest BCUT2D eigenvalue weighted by molar-refractivity contribution is 6.09. The normalized spacial score (nSPS) is 23.2. The molecule has 2 aromatic rings. The topological polar surface area (TPSA) is 60.9 Å². The first kappa shape index (κ1) is 17.8. The fourth-order valence-electron chi connectivity index (χ4n) is 4.75. The molecule has 2 aliphatic rings. The molecule has 1 N–H and O–H groups in total. The Kier molecular flexibility index (Phi) is 4.54. The average molecular weight is 366 g/mol. The van der Waals surface area contributed by atoms with Crippen molar-refractivity contribution in [1.82, 2.24) is 9.80 Å². The summed E-state index contributed by atoms with van der Waals surface area (Å²) >= 11 is 0. The molecule has 0 saturated carbocycles. The Morgan fingerprint density at radius 2 is 1.96 bits per heavy atom. The number of phenolic OH excluding ortho intramolecular Hbond substituents is 1. The van der Waals surface area contributed by atoms with Gasteiger partial charge in [0.1, 0.15) is 5.75 Å². The SMILES string of the molecule is CCN1CC2(CCCN(C(=O)c3c(O)ccc4ccccc34)C2)CCC1=O. The minimum atomic E-state index is -0.108. The predicted molar refractivity (Wildman–Crippen MR) is 105 cm³/mol. The van der Waals surface area contributed by atoms with Crippen molar-refractivity contribution in [2.24, 2.45) is 5.41 Å². The number of rotatable bonds is 2. The number of nitrogens with zero attached hydrogens (tertiary/aromatic N) is 2. The van der Waals surface area contributed by atoms with Crippen LogP contribution in [-0.4, -0.2) is 52.9 Å². The van der Waals surface area contributed by atoms with Gasteiger partial charge in [-0.1, -0.05) is 30.3 Å². The van der Waals surface area contributed by atoms with E-state index >= 15 is 0 Å². The molecule has 2 fully saturated rings. The molecule has 0 radical (unpaired) electrons. The van der Waals surface area contributed by atoms with Crippen molar-refractivity contribution in [3.63, 3.8) is 0 Å². The fourth-order valence-corrected chi connectivity index (χ4v) is 4.75. The first-order chi connectivity index (χ1) is 13.0. The van der Waals surface area contributed by atoms with E-state index in [-0.39, 0.29) is 23.0 Å². The molecule has 1 spiro atoms. The molecular weight excluding hydrogens is 340 g/mol. The number of aromatic hydroxyl groups is 1. The Hall–Kier alpha value is -2.56. The highest BCUT2D eigenvalue weighted by atomic mass is 16.3. The fraction of sp³-hybridized carbons (Fsp3) is 0.455. The lowest BCUT2D eigenvalue weighted by Crippen LogP contribution is -2.55. The lowest BCUT2D eigenvalue weighted by atomic mass is 9.73. The minimum absolute atomic E-state index is 0.0158. The Morgan fingerprint density at radius 3 is 2.78 bits per heavy atom. The second-order valence-electron chi connectivity index (χ2n) is 7.92. The van der Waals surface area contributed by atoms with Crippen LogP contribution < -0.4 is 0 Å². The van der Waals surface area contributed by atoms with Crippen LogP contribution in [-0.2, 0) is 4.79 Å². The Balaban J connectivity index is 1.64. The number of fused-ring (bicyclic) bond motifs is 1. The highest BCUT2D eigenvalue weighted by Gasteiger charge is 2.42. The molecule has 0 bridgehead atoms. The third kappa shape index (κ3) is 3.15. The minimum Gasteiger partial charge on any atom is -0.507 e. The summed E-state index contributed by atoms with van der Waals surface area (Å²) in [5.41, 5.74) is 0.377. The molecule has 5 heteroatoms. The van der Waals surface area contributed by atoms with Gasteiger partial charge in [-0.15, -0.1) is 0 Å². The van der Waals surface area contributed by atoms with Gasteiger partial charge in [0.05, 0.1) is 5.56 Å². The molecule has 0 aromatic heterocycles. The molecule has 4 rings (SSSR count). The molecule has 1 unspecified atom stereocenters. The van der Waals surface area contributed by atoms with Crippen molar-refractivity contribution >= 4 is 22.6 Å². The zero-order chi connectivity index (χ0) is 19.0. The van der Waals surface area contributed by atoms with E-state index in [4.69, 9.17) is 0 Å². The smallest absolute Gasteiger partial charge is 0.258 e. The van der Waals surface area contributed by atoms with E-state index in [1.807, 2.05) is 47.1 Å². The van der Waals surface area contributed by atoms with Gasteiger partial charge in [-0.3, -0.25) is 9.59 Å². The number of amides is 2. The van der Waals surface area contributed by atoms with Gasteiger partial charge in [0.25, 0.3) is 5.91 Å². The van der Waals surface area contributed by atoms with E-state index in [1.54, 1.807) is 6.07 Å². The van der Waals surface area contributed by atoms with Gasteiger partial charge in [-0.05, 0) is 43.0 Å². The Bertz CT molecular complexity index is 894. The van der Waals surface area contributed by atoms with Gasteiger partial charge >= 0.3 is 0 Å². The molecule has 2 amide bonds. The van der Waals surface area contributed by atoms with Crippen LogP contribution in [0.15, 0.2) is 36.4 Å². The Morgan fingerprint density at radius 1 is 1.15 bits per heavy atom. The standard InChI is InChI=1S/C22H26N2O3/c1-2-23-14-22(12-10-19(23)26)11-5-13-24(15-22)21(27)20-17-7-4-3-6-16(17)8-9-18(20)25/h3-4,6-9,25H,2,5,10-15H2,1H3. The number of hydrogen-bond acceptors (Lipinski definition) is 3. The number of carbonyl (C=O) groups is 2. The van der Waals surface area contributed by atoms with Gasteiger partial charge in [0.2, 0.25) is 5.91 Å². The summed E-state index contributed by atoms with van der Waals surface area (Å²) in [6.45, 7) is 4.81. The summed E-state index contributed by atoms with van der Waals surface area (Å²) in [6, 6.07) is 11.1. The van der Waals surface area contributed by atoms with Crippen LogP contribution in [0, 0.1) is 5.41 Å². The van der Waals surface area contributed by atoms with Crippen LogP contribution in [0.4, 0.5) is 0 Å². The van der Waals surface area contributed by atoms with Gasteiger partial charge in [-0.25, -0.2) is 0 Å². The van der Waals surface area contributed by atoms with Crippen LogP contribution in [0.2, 0.25) is 0 Å².